The zero-order valence-electron chi connectivity index (χ0n) is 29.1. The highest BCUT2D eigenvalue weighted by Crippen LogP contribution is 2.40. The molecule has 1 amide bonds. The molecule has 3 heterocycles. The molecule has 2 radical (unpaired) electrons. The van der Waals surface area contributed by atoms with E-state index >= 15 is 0 Å². The van der Waals surface area contributed by atoms with Crippen LogP contribution in [-0.4, -0.2) is 94.7 Å². The number of nitrogen functional groups attached to an aromatic ring is 1. The Bertz CT molecular complexity index is 1420. The summed E-state index contributed by atoms with van der Waals surface area (Å²) in [5.74, 6) is -3.34. The van der Waals surface area contributed by atoms with Gasteiger partial charge in [-0.25, -0.2) is 4.79 Å². The van der Waals surface area contributed by atoms with E-state index in [1.54, 1.807) is 30.5 Å². The molecule has 13 heteroatoms. The Morgan fingerprint density at radius 3 is 2.49 bits per heavy atom. The Labute approximate surface area is 279 Å². The van der Waals surface area contributed by atoms with Gasteiger partial charge in [0.2, 0.25) is 0 Å². The number of carbonyl (C=O) groups is 3. The largest absolute Gasteiger partial charge is 0.458 e. The molecular weight excluding hydrogens is 599 g/mol. The maximum Gasteiger partial charge on any atom is 0.410 e. The van der Waals surface area contributed by atoms with Crippen LogP contribution in [0.4, 0.5) is 10.5 Å². The third-order valence-electron chi connectivity index (χ3n) is 10.2. The minimum absolute atomic E-state index is 0.102. The van der Waals surface area contributed by atoms with E-state index in [0.29, 0.717) is 38.0 Å². The van der Waals surface area contributed by atoms with Crippen LogP contribution in [0, 0.1) is 11.8 Å². The van der Waals surface area contributed by atoms with Crippen molar-refractivity contribution < 1.29 is 28.6 Å². The highest BCUT2D eigenvalue weighted by atomic mass is 16.6. The number of aromatic nitrogens is 3. The first-order valence-corrected chi connectivity index (χ1v) is 16.7. The highest BCUT2D eigenvalue weighted by Gasteiger charge is 2.58. The van der Waals surface area contributed by atoms with Gasteiger partial charge in [0.15, 0.2) is 5.60 Å². The maximum absolute atomic E-state index is 13.6. The first-order valence-electron chi connectivity index (χ1n) is 16.7. The number of nitrogens with two attached hydrogens (primary N) is 1. The molecule has 1 aromatic carbocycles. The second kappa shape index (κ2) is 14.8. The summed E-state index contributed by atoms with van der Waals surface area (Å²) in [4.78, 5) is 42.2. The van der Waals surface area contributed by atoms with Crippen LogP contribution in [0.25, 0.3) is 11.3 Å². The number of aryl methyl sites for hydroxylation is 1. The van der Waals surface area contributed by atoms with Crippen LogP contribution >= 0.6 is 0 Å². The topological polar surface area (TPSA) is 151 Å². The fourth-order valence-electron chi connectivity index (χ4n) is 7.40. The smallest absolute Gasteiger partial charge is 0.410 e. The van der Waals surface area contributed by atoms with Crippen molar-refractivity contribution in [2.45, 2.75) is 122 Å². The zero-order chi connectivity index (χ0) is 34.7. The van der Waals surface area contributed by atoms with Gasteiger partial charge in [-0.1, -0.05) is 31.2 Å². The number of carbonyl (C=O) groups excluding carboxylic acids is 3. The number of esters is 1. The molecule has 2 saturated heterocycles. The first kappa shape index (κ1) is 36.4. The zero-order valence-corrected chi connectivity index (χ0v) is 29.1. The Morgan fingerprint density at radius 1 is 1.13 bits per heavy atom. The molecule has 0 bridgehead atoms. The van der Waals surface area contributed by atoms with Crippen LogP contribution in [0.15, 0.2) is 30.5 Å². The third kappa shape index (κ3) is 7.67. The summed E-state index contributed by atoms with van der Waals surface area (Å²) < 4.78 is 19.8. The van der Waals surface area contributed by atoms with Gasteiger partial charge in [-0.2, -0.15) is 0 Å². The van der Waals surface area contributed by atoms with Crippen LogP contribution in [0.2, 0.25) is 5.82 Å². The van der Waals surface area contributed by atoms with Gasteiger partial charge in [0.05, 0.1) is 25.7 Å². The standard InChI is InChI=1S/C34H51BN6O6/c1-9-27-34(7)30(23(5)37-20(2)18-33(6,45-8)29(35)21(3)28(42)22(4)31(43)46-27)41(32(44)47-34)16-11-10-15-40-19-26(38-39-40)24-13-12-14-25(36)17-24/h12-14,17,19-23,27,29-30,37H,9-11,15-16,18,36H2,1-8H3/t20-,21-,22+,23+,27+,29+,30+,33+,34+/m0/s1. The summed E-state index contributed by atoms with van der Waals surface area (Å²) in [6, 6.07) is 6.66. The van der Waals surface area contributed by atoms with Gasteiger partial charge in [0.25, 0.3) is 0 Å². The summed E-state index contributed by atoms with van der Waals surface area (Å²) in [6.45, 7) is 14.0. The van der Waals surface area contributed by atoms with Gasteiger partial charge in [-0.05, 0) is 78.3 Å². The van der Waals surface area contributed by atoms with Crippen LogP contribution < -0.4 is 11.1 Å². The number of nitrogens with one attached hydrogen (secondary N) is 1. The minimum atomic E-state index is -1.18. The molecule has 9 atom stereocenters. The Kier molecular flexibility index (Phi) is 11.4. The number of fused-ring (bicyclic) bond motifs is 1. The molecular formula is C34H51BN6O6. The lowest BCUT2D eigenvalue weighted by Crippen LogP contribution is -2.62. The molecule has 4 rings (SSSR count). The van der Waals surface area contributed by atoms with Gasteiger partial charge >= 0.3 is 12.1 Å². The molecule has 0 spiro atoms. The van der Waals surface area contributed by atoms with Crippen LogP contribution in [0.3, 0.4) is 0 Å². The van der Waals surface area contributed by atoms with Gasteiger partial charge in [0, 0.05) is 49.5 Å². The summed E-state index contributed by atoms with van der Waals surface area (Å²) in [5.41, 5.74) is 6.18. The van der Waals surface area contributed by atoms with E-state index in [4.69, 9.17) is 27.8 Å². The van der Waals surface area contributed by atoms with Crippen molar-refractivity contribution in [2.24, 2.45) is 11.8 Å². The van der Waals surface area contributed by atoms with E-state index in [9.17, 15) is 14.4 Å². The van der Waals surface area contributed by atoms with Crippen molar-refractivity contribution in [3.63, 3.8) is 0 Å². The second-order valence-electron chi connectivity index (χ2n) is 13.7. The molecule has 47 heavy (non-hydrogen) atoms. The molecule has 12 nitrogen and oxygen atoms in total. The number of methoxy groups -OCH3 is 1. The lowest BCUT2D eigenvalue weighted by atomic mass is 9.63. The van der Waals surface area contributed by atoms with E-state index in [1.165, 1.54) is 0 Å². The number of benzene rings is 1. The molecule has 0 unspecified atom stereocenters. The molecule has 2 aliphatic rings. The lowest BCUT2D eigenvalue weighted by Gasteiger charge is -2.44. The van der Waals surface area contributed by atoms with Gasteiger partial charge < -0.3 is 25.3 Å². The number of unbranched alkanes of at least 4 members (excludes halogenated alkanes) is 1. The molecule has 0 saturated carbocycles. The summed E-state index contributed by atoms with van der Waals surface area (Å²) in [5, 5.41) is 12.2. The first-order chi connectivity index (χ1) is 22.1. The Hall–Kier alpha value is -3.45. The molecule has 3 N–H and O–H groups in total. The summed E-state index contributed by atoms with van der Waals surface area (Å²) >= 11 is 0. The number of ether oxygens (including phenoxy) is 3. The maximum atomic E-state index is 13.6. The Morgan fingerprint density at radius 2 is 1.83 bits per heavy atom. The number of ketones is 1. The number of amides is 1. The molecule has 256 valence electrons. The van der Waals surface area contributed by atoms with Crippen molar-refractivity contribution in [1.29, 1.82) is 0 Å². The molecule has 0 aliphatic carbocycles. The van der Waals surface area contributed by atoms with E-state index in [2.05, 4.69) is 15.6 Å². The van der Waals surface area contributed by atoms with Crippen molar-refractivity contribution in [2.75, 3.05) is 19.4 Å². The summed E-state index contributed by atoms with van der Waals surface area (Å²) in [6.07, 6.45) is 2.93. The summed E-state index contributed by atoms with van der Waals surface area (Å²) in [7, 11) is 8.23. The fraction of sp³-hybridized carbons (Fsp3) is 0.676. The number of hydrogen-bond acceptors (Lipinski definition) is 10. The van der Waals surface area contributed by atoms with E-state index in [1.807, 2.05) is 65.1 Å². The normalized spacial score (nSPS) is 34.0. The predicted molar refractivity (Wildman–Crippen MR) is 180 cm³/mol. The lowest BCUT2D eigenvalue weighted by molar-refractivity contribution is -0.170. The second-order valence-corrected chi connectivity index (χ2v) is 13.7. The average molecular weight is 651 g/mol. The highest BCUT2D eigenvalue weighted by molar-refractivity contribution is 6.15. The van der Waals surface area contributed by atoms with E-state index in [0.717, 1.165) is 17.7 Å². The monoisotopic (exact) mass is 650 g/mol. The third-order valence-corrected chi connectivity index (χ3v) is 10.2. The van der Waals surface area contributed by atoms with Gasteiger partial charge in [-0.3, -0.25) is 19.2 Å². The molecule has 2 aliphatic heterocycles. The number of rotatable bonds is 8. The van der Waals surface area contributed by atoms with Crippen molar-refractivity contribution in [3.05, 3.63) is 30.5 Å². The van der Waals surface area contributed by atoms with E-state index in [-0.39, 0.29) is 17.9 Å². The fourth-order valence-corrected chi connectivity index (χ4v) is 7.40. The van der Waals surface area contributed by atoms with Crippen LogP contribution in [0.1, 0.15) is 74.1 Å². The minimum Gasteiger partial charge on any atom is -0.458 e. The van der Waals surface area contributed by atoms with E-state index < -0.39 is 53.1 Å². The molecule has 2 aromatic rings. The predicted octanol–water partition coefficient (Wildman–Crippen LogP) is 4.18. The Balaban J connectivity index is 1.55. The van der Waals surface area contributed by atoms with Gasteiger partial charge in [-0.15, -0.1) is 5.10 Å². The van der Waals surface area contributed by atoms with Crippen LogP contribution in [0.5, 0.6) is 0 Å². The van der Waals surface area contributed by atoms with Crippen molar-refractivity contribution in [1.82, 2.24) is 25.2 Å². The quantitative estimate of drug-likeness (QED) is 0.140. The van der Waals surface area contributed by atoms with Crippen LogP contribution in [-0.2, 0) is 30.3 Å². The van der Waals surface area contributed by atoms with Crippen molar-refractivity contribution in [3.8, 4) is 11.3 Å². The van der Waals surface area contributed by atoms with Gasteiger partial charge in [0.1, 0.15) is 23.5 Å². The average Bonchev–Trinajstić information content (AvgIpc) is 3.61. The number of cyclic esters (lactones) is 1. The SMILES string of the molecule is [B][C@@H]1[C@@H](C)C(=O)[C@@H](C)C(=O)O[C@H](CC)[C@@]2(C)OC(=O)N(CCCCn3cc(-c4cccc(N)c4)nn3)[C@@H]2[C@@H](C)N[C@@H](C)C[C@@]1(C)OC. The number of anilines is 1. The molecule has 2 fully saturated rings. The number of nitrogens with zero attached hydrogens (tertiary/aromatic N) is 4. The molecule has 1 aromatic heterocycles. The number of Topliss-reactive ketones (excluding diaryl/α,β-unsaturated/α-hetero) is 1. The number of hydrogen-bond donors (Lipinski definition) is 2. The van der Waals surface area contributed by atoms with Crippen molar-refractivity contribution >= 4 is 31.4 Å².